The van der Waals surface area contributed by atoms with Gasteiger partial charge in [-0.1, -0.05) is 24.3 Å². The molecule has 29 heavy (non-hydrogen) atoms. The highest BCUT2D eigenvalue weighted by atomic mass is 35.5. The average molecular weight is 416 g/mol. The predicted octanol–water partition coefficient (Wildman–Crippen LogP) is 4.00. The summed E-state index contributed by atoms with van der Waals surface area (Å²) in [7, 11) is 0. The second kappa shape index (κ2) is 9.29. The number of amides is 1. The molecule has 0 bridgehead atoms. The van der Waals surface area contributed by atoms with Crippen LogP contribution in [-0.4, -0.2) is 48.1 Å². The first-order valence-electron chi connectivity index (χ1n) is 9.85. The summed E-state index contributed by atoms with van der Waals surface area (Å²) >= 11 is 0. The molecule has 6 nitrogen and oxygen atoms in total. The van der Waals surface area contributed by atoms with Gasteiger partial charge in [0.25, 0.3) is 5.91 Å². The van der Waals surface area contributed by atoms with Crippen LogP contribution in [0.15, 0.2) is 48.5 Å². The molecule has 2 N–H and O–H groups in total. The SMILES string of the molecule is Cl.O=C(O)[C@@H]1CCCN(CCCN2C(=O)c3ccccc3Nc3ccccc32)C1. The average Bonchev–Trinajstić information content (AvgIpc) is 2.83. The van der Waals surface area contributed by atoms with E-state index in [4.69, 9.17) is 0 Å². The number of carbonyl (C=O) groups excluding carboxylic acids is 1. The normalized spacial score (nSPS) is 18.7. The second-order valence-corrected chi connectivity index (χ2v) is 7.48. The van der Waals surface area contributed by atoms with Crippen molar-refractivity contribution in [1.29, 1.82) is 0 Å². The molecule has 2 aliphatic rings. The van der Waals surface area contributed by atoms with Crippen molar-refractivity contribution in [2.24, 2.45) is 5.92 Å². The van der Waals surface area contributed by atoms with E-state index < -0.39 is 5.97 Å². The molecule has 0 spiro atoms. The molecule has 0 saturated carbocycles. The fraction of sp³-hybridized carbons (Fsp3) is 0.364. The number of likely N-dealkylation sites (tertiary alicyclic amines) is 1. The lowest BCUT2D eigenvalue weighted by atomic mass is 9.98. The van der Waals surface area contributed by atoms with E-state index >= 15 is 0 Å². The Labute approximate surface area is 176 Å². The van der Waals surface area contributed by atoms with Crippen LogP contribution in [0.3, 0.4) is 0 Å². The number of fused-ring (bicyclic) bond motifs is 2. The van der Waals surface area contributed by atoms with Crippen molar-refractivity contribution in [3.8, 4) is 0 Å². The van der Waals surface area contributed by atoms with Gasteiger partial charge >= 0.3 is 5.97 Å². The van der Waals surface area contributed by atoms with Crippen molar-refractivity contribution in [3.05, 3.63) is 54.1 Å². The van der Waals surface area contributed by atoms with Gasteiger partial charge in [-0.05, 0) is 56.6 Å². The highest BCUT2D eigenvalue weighted by Crippen LogP contribution is 2.35. The molecule has 0 unspecified atom stereocenters. The van der Waals surface area contributed by atoms with E-state index in [1.165, 1.54) is 0 Å². The summed E-state index contributed by atoms with van der Waals surface area (Å²) in [6.07, 6.45) is 2.47. The molecule has 0 aliphatic carbocycles. The summed E-state index contributed by atoms with van der Waals surface area (Å²) in [5.74, 6) is -0.982. The largest absolute Gasteiger partial charge is 0.481 e. The summed E-state index contributed by atoms with van der Waals surface area (Å²) in [5.41, 5.74) is 3.29. The number of hydrogen-bond acceptors (Lipinski definition) is 4. The number of benzene rings is 2. The lowest BCUT2D eigenvalue weighted by Crippen LogP contribution is -2.40. The van der Waals surface area contributed by atoms with E-state index in [9.17, 15) is 14.7 Å². The van der Waals surface area contributed by atoms with Gasteiger partial charge < -0.3 is 20.2 Å². The smallest absolute Gasteiger partial charge is 0.307 e. The van der Waals surface area contributed by atoms with E-state index in [-0.39, 0.29) is 24.2 Å². The van der Waals surface area contributed by atoms with Crippen LogP contribution in [0.5, 0.6) is 0 Å². The number of carbonyl (C=O) groups is 2. The molecule has 1 fully saturated rings. The molecule has 2 aliphatic heterocycles. The molecule has 1 atom stereocenters. The zero-order valence-corrected chi connectivity index (χ0v) is 17.0. The Bertz CT molecular complexity index is 889. The van der Waals surface area contributed by atoms with E-state index in [0.29, 0.717) is 18.7 Å². The Morgan fingerprint density at radius 3 is 2.59 bits per heavy atom. The number of carboxylic acid groups (broad SMARTS) is 1. The molecular formula is C22H26ClN3O3. The van der Waals surface area contributed by atoms with Crippen LogP contribution >= 0.6 is 12.4 Å². The first kappa shape index (κ1) is 21.1. The molecule has 7 heteroatoms. The number of nitrogens with zero attached hydrogens (tertiary/aromatic N) is 2. The van der Waals surface area contributed by atoms with Crippen molar-refractivity contribution in [1.82, 2.24) is 4.90 Å². The van der Waals surface area contributed by atoms with Crippen molar-refractivity contribution in [2.45, 2.75) is 19.3 Å². The number of hydrogen-bond donors (Lipinski definition) is 2. The van der Waals surface area contributed by atoms with Crippen LogP contribution in [-0.2, 0) is 4.79 Å². The Morgan fingerprint density at radius 1 is 1.07 bits per heavy atom. The Balaban J connectivity index is 0.00000240. The topological polar surface area (TPSA) is 72.9 Å². The molecule has 154 valence electrons. The van der Waals surface area contributed by atoms with Crippen LogP contribution < -0.4 is 10.2 Å². The molecule has 0 aromatic heterocycles. The summed E-state index contributed by atoms with van der Waals surface area (Å²) in [6, 6.07) is 15.4. The van der Waals surface area contributed by atoms with Crippen LogP contribution in [0, 0.1) is 5.92 Å². The van der Waals surface area contributed by atoms with Gasteiger partial charge in [-0.15, -0.1) is 12.4 Å². The summed E-state index contributed by atoms with van der Waals surface area (Å²) in [6.45, 7) is 2.92. The molecule has 2 heterocycles. The standard InChI is InChI=1S/C22H25N3O3.ClH/c26-21-17-8-1-2-9-18(17)23-19-10-3-4-11-20(19)25(21)14-6-13-24-12-5-7-16(15-24)22(27)28;/h1-4,8-11,16,23H,5-7,12-15H2,(H,27,28);1H/t16-;/m1./s1. The van der Waals surface area contributed by atoms with Gasteiger partial charge in [-0.2, -0.15) is 0 Å². The fourth-order valence-corrected chi connectivity index (χ4v) is 4.13. The third-order valence-corrected chi connectivity index (χ3v) is 5.58. The molecule has 1 amide bonds. The van der Waals surface area contributed by atoms with Crippen LogP contribution in [0.25, 0.3) is 0 Å². The number of anilines is 3. The minimum absolute atomic E-state index is 0. The predicted molar refractivity (Wildman–Crippen MR) is 117 cm³/mol. The van der Waals surface area contributed by atoms with Gasteiger partial charge in [0.15, 0.2) is 0 Å². The highest BCUT2D eigenvalue weighted by Gasteiger charge is 2.27. The van der Waals surface area contributed by atoms with Gasteiger partial charge in [0.05, 0.1) is 28.5 Å². The van der Waals surface area contributed by atoms with E-state index in [0.717, 1.165) is 49.4 Å². The molecule has 2 aromatic carbocycles. The van der Waals surface area contributed by atoms with Crippen LogP contribution in [0.1, 0.15) is 29.6 Å². The van der Waals surface area contributed by atoms with Gasteiger partial charge in [0.1, 0.15) is 0 Å². The number of rotatable bonds is 5. The quantitative estimate of drug-likeness (QED) is 0.772. The Morgan fingerprint density at radius 2 is 1.79 bits per heavy atom. The summed E-state index contributed by atoms with van der Waals surface area (Å²) < 4.78 is 0. The maximum absolute atomic E-state index is 13.2. The molecule has 4 rings (SSSR count). The lowest BCUT2D eigenvalue weighted by molar-refractivity contribution is -0.143. The first-order valence-corrected chi connectivity index (χ1v) is 9.85. The third kappa shape index (κ3) is 4.54. The van der Waals surface area contributed by atoms with Gasteiger partial charge in [0.2, 0.25) is 0 Å². The van der Waals surface area contributed by atoms with Crippen LogP contribution in [0.2, 0.25) is 0 Å². The monoisotopic (exact) mass is 415 g/mol. The molecule has 2 aromatic rings. The number of para-hydroxylation sites is 3. The van der Waals surface area contributed by atoms with Crippen LogP contribution in [0.4, 0.5) is 17.1 Å². The van der Waals surface area contributed by atoms with Gasteiger partial charge in [0, 0.05) is 13.1 Å². The van der Waals surface area contributed by atoms with E-state index in [1.807, 2.05) is 53.4 Å². The third-order valence-electron chi connectivity index (χ3n) is 5.58. The maximum atomic E-state index is 13.2. The summed E-state index contributed by atoms with van der Waals surface area (Å²) in [5, 5.41) is 12.7. The molecular weight excluding hydrogens is 390 g/mol. The number of aliphatic carboxylic acids is 1. The zero-order chi connectivity index (χ0) is 19.5. The number of halogens is 1. The Kier molecular flexibility index (Phi) is 6.77. The van der Waals surface area contributed by atoms with Crippen molar-refractivity contribution >= 4 is 41.3 Å². The zero-order valence-electron chi connectivity index (χ0n) is 16.2. The highest BCUT2D eigenvalue weighted by molar-refractivity contribution is 6.13. The minimum Gasteiger partial charge on any atom is -0.481 e. The molecule has 0 radical (unpaired) electrons. The van der Waals surface area contributed by atoms with Crippen molar-refractivity contribution < 1.29 is 14.7 Å². The maximum Gasteiger partial charge on any atom is 0.307 e. The number of carboxylic acids is 1. The van der Waals surface area contributed by atoms with Crippen molar-refractivity contribution in [3.63, 3.8) is 0 Å². The second-order valence-electron chi connectivity index (χ2n) is 7.48. The number of nitrogens with one attached hydrogen (secondary N) is 1. The first-order chi connectivity index (χ1) is 13.6. The van der Waals surface area contributed by atoms with E-state index in [2.05, 4.69) is 10.2 Å². The van der Waals surface area contributed by atoms with Gasteiger partial charge in [-0.25, -0.2) is 0 Å². The summed E-state index contributed by atoms with van der Waals surface area (Å²) in [4.78, 5) is 28.5. The van der Waals surface area contributed by atoms with Gasteiger partial charge in [-0.3, -0.25) is 9.59 Å². The molecule has 1 saturated heterocycles. The number of piperidine rings is 1. The van der Waals surface area contributed by atoms with Crippen molar-refractivity contribution in [2.75, 3.05) is 36.4 Å². The minimum atomic E-state index is -0.705. The van der Waals surface area contributed by atoms with E-state index in [1.54, 1.807) is 0 Å². The lowest BCUT2D eigenvalue weighted by Gasteiger charge is -2.31. The fourth-order valence-electron chi connectivity index (χ4n) is 4.13. The Hall–Kier alpha value is -2.57.